The number of thiazole rings is 1. The summed E-state index contributed by atoms with van der Waals surface area (Å²) in [6.07, 6.45) is -0.830. The number of nitrogens with one attached hydrogen (secondary N) is 3. The third-order valence-corrected chi connectivity index (χ3v) is 6.99. The van der Waals surface area contributed by atoms with E-state index in [-0.39, 0.29) is 0 Å². The molecule has 4 rings (SSSR count). The number of hydrazine groups is 1. The summed E-state index contributed by atoms with van der Waals surface area (Å²) in [5.74, 6) is -0.141. The van der Waals surface area contributed by atoms with E-state index < -0.39 is 23.6 Å². The first kappa shape index (κ1) is 27.6. The smallest absolute Gasteiger partial charge is 0.339 e. The normalized spacial score (nSPS) is 11.9. The number of aliphatic hydroxyl groups excluding tert-OH is 1. The van der Waals surface area contributed by atoms with Crippen molar-refractivity contribution in [2.24, 2.45) is 0 Å². The van der Waals surface area contributed by atoms with Gasteiger partial charge in [0.15, 0.2) is 10.7 Å². The number of ether oxygens (including phenoxy) is 1. The Morgan fingerprint density at radius 3 is 2.21 bits per heavy atom. The summed E-state index contributed by atoms with van der Waals surface area (Å²) in [6.45, 7) is 3.15. The molecule has 0 radical (unpaired) electrons. The Balaban J connectivity index is 1.28. The number of anilines is 1. The number of amides is 3. The van der Waals surface area contributed by atoms with Crippen LogP contribution in [0.3, 0.4) is 0 Å². The summed E-state index contributed by atoms with van der Waals surface area (Å²) < 4.78 is 6.79. The number of hydrogen-bond donors (Lipinski definition) is 4. The Labute approximate surface area is 237 Å². The summed E-state index contributed by atoms with van der Waals surface area (Å²) in [7, 11) is 0. The molecule has 1 heterocycles. The van der Waals surface area contributed by atoms with Crippen molar-refractivity contribution in [1.82, 2.24) is 15.8 Å². The monoisotopic (exact) mass is 614 g/mol. The number of aromatic nitrogens is 1. The van der Waals surface area contributed by atoms with Crippen LogP contribution in [0, 0.1) is 0 Å². The lowest BCUT2D eigenvalue weighted by Crippen LogP contribution is -2.53. The maximum atomic E-state index is 12.7. The van der Waals surface area contributed by atoms with Gasteiger partial charge in [-0.15, -0.1) is 11.3 Å². The topological polar surface area (TPSA) is 113 Å². The van der Waals surface area contributed by atoms with Crippen LogP contribution in [0.15, 0.2) is 82.6 Å². The zero-order valence-electron chi connectivity index (χ0n) is 20.4. The van der Waals surface area contributed by atoms with Gasteiger partial charge in [-0.05, 0) is 61.4 Å². The van der Waals surface area contributed by atoms with Crippen LogP contribution in [0.4, 0.5) is 9.93 Å². The van der Waals surface area contributed by atoms with Gasteiger partial charge in [0.2, 0.25) is 0 Å². The molecule has 3 aromatic carbocycles. The first-order chi connectivity index (χ1) is 18.1. The second-order valence-electron chi connectivity index (χ2n) is 8.71. The molecule has 1 aromatic heterocycles. The Hall–Kier alpha value is -3.44. The molecule has 1 atom stereocenters. The Morgan fingerprint density at radius 1 is 0.974 bits per heavy atom. The number of hydrogen-bond acceptors (Lipinski definition) is 6. The molecule has 0 saturated heterocycles. The first-order valence-corrected chi connectivity index (χ1v) is 13.5. The van der Waals surface area contributed by atoms with Crippen LogP contribution in [-0.2, 0) is 4.79 Å². The van der Waals surface area contributed by atoms with Crippen LogP contribution in [0.1, 0.15) is 31.1 Å². The van der Waals surface area contributed by atoms with E-state index in [1.807, 2.05) is 29.6 Å². The molecular weight excluding hydrogens is 592 g/mol. The lowest BCUT2D eigenvalue weighted by atomic mass is 10.0. The summed E-state index contributed by atoms with van der Waals surface area (Å²) in [5.41, 5.74) is 6.37. The van der Waals surface area contributed by atoms with E-state index in [1.165, 1.54) is 11.3 Å². The molecule has 38 heavy (non-hydrogen) atoms. The summed E-state index contributed by atoms with van der Waals surface area (Å²) in [5, 5.41) is 16.0. The SMILES string of the molecule is CC(C)(Oc1ccc(C(O)c2ccc(Cl)cc2)cc1)C(=O)NNC(=O)Nc1nc(-c2ccc(Br)cc2)cs1. The number of carbonyl (C=O) groups excluding carboxylic acids is 2. The lowest BCUT2D eigenvalue weighted by Gasteiger charge is -2.25. The average molecular weight is 616 g/mol. The van der Waals surface area contributed by atoms with Crippen LogP contribution >= 0.6 is 38.9 Å². The van der Waals surface area contributed by atoms with Gasteiger partial charge in [-0.3, -0.25) is 15.5 Å². The van der Waals surface area contributed by atoms with Crippen LogP contribution < -0.4 is 20.9 Å². The number of urea groups is 1. The fourth-order valence-electron chi connectivity index (χ4n) is 3.37. The standard InChI is InChI=1S/C27H24BrClN4O4S/c1-27(2,37-21-13-7-18(8-14-21)23(34)17-5-11-20(29)12-6-17)24(35)32-33-25(36)31-26-30-22(15-38-26)16-3-9-19(28)10-4-16/h3-15,23,34H,1-2H3,(H,32,35)(H2,30,31,33,36). The molecule has 11 heteroatoms. The molecule has 8 nitrogen and oxygen atoms in total. The number of aliphatic hydroxyl groups is 1. The van der Waals surface area contributed by atoms with Crippen molar-refractivity contribution in [2.75, 3.05) is 5.32 Å². The molecule has 3 amide bonds. The van der Waals surface area contributed by atoms with Crippen molar-refractivity contribution in [2.45, 2.75) is 25.6 Å². The van der Waals surface area contributed by atoms with E-state index in [9.17, 15) is 14.7 Å². The Bertz CT molecular complexity index is 1410. The molecule has 1 unspecified atom stereocenters. The minimum Gasteiger partial charge on any atom is -0.478 e. The predicted octanol–water partition coefficient (Wildman–Crippen LogP) is 6.32. The van der Waals surface area contributed by atoms with Gasteiger partial charge < -0.3 is 9.84 Å². The predicted molar refractivity (Wildman–Crippen MR) is 152 cm³/mol. The van der Waals surface area contributed by atoms with Gasteiger partial charge in [0.1, 0.15) is 11.9 Å². The van der Waals surface area contributed by atoms with Gasteiger partial charge in [-0.2, -0.15) is 0 Å². The van der Waals surface area contributed by atoms with E-state index in [2.05, 4.69) is 37.1 Å². The highest BCUT2D eigenvalue weighted by Crippen LogP contribution is 2.27. The number of benzene rings is 3. The third kappa shape index (κ3) is 7.11. The van der Waals surface area contributed by atoms with Crippen LogP contribution in [-0.4, -0.2) is 27.6 Å². The van der Waals surface area contributed by atoms with E-state index in [1.54, 1.807) is 62.4 Å². The molecule has 0 saturated carbocycles. The maximum Gasteiger partial charge on any atom is 0.339 e. The van der Waals surface area contributed by atoms with E-state index in [0.717, 1.165) is 15.7 Å². The van der Waals surface area contributed by atoms with E-state index in [0.29, 0.717) is 27.0 Å². The highest BCUT2D eigenvalue weighted by molar-refractivity contribution is 9.10. The van der Waals surface area contributed by atoms with Crippen molar-refractivity contribution < 1.29 is 19.4 Å². The van der Waals surface area contributed by atoms with Gasteiger partial charge >= 0.3 is 6.03 Å². The zero-order chi connectivity index (χ0) is 27.3. The highest BCUT2D eigenvalue weighted by atomic mass is 79.9. The molecule has 0 aliphatic rings. The molecule has 0 bridgehead atoms. The average Bonchev–Trinajstić information content (AvgIpc) is 3.36. The van der Waals surface area contributed by atoms with Crippen molar-refractivity contribution in [1.29, 1.82) is 0 Å². The van der Waals surface area contributed by atoms with Crippen LogP contribution in [0.2, 0.25) is 5.02 Å². The fourth-order valence-corrected chi connectivity index (χ4v) is 4.48. The van der Waals surface area contributed by atoms with Gasteiger partial charge in [-0.25, -0.2) is 15.2 Å². The second-order valence-corrected chi connectivity index (χ2v) is 10.9. The van der Waals surface area contributed by atoms with E-state index in [4.69, 9.17) is 16.3 Å². The zero-order valence-corrected chi connectivity index (χ0v) is 23.5. The Morgan fingerprint density at radius 2 is 1.58 bits per heavy atom. The molecule has 4 aromatic rings. The van der Waals surface area contributed by atoms with Gasteiger partial charge in [-0.1, -0.05) is 63.9 Å². The second kappa shape index (κ2) is 12.0. The number of halogens is 2. The summed E-state index contributed by atoms with van der Waals surface area (Å²) in [6, 6.07) is 20.7. The fraction of sp³-hybridized carbons (Fsp3) is 0.148. The van der Waals surface area contributed by atoms with E-state index >= 15 is 0 Å². The molecule has 196 valence electrons. The summed E-state index contributed by atoms with van der Waals surface area (Å²) >= 11 is 10.6. The highest BCUT2D eigenvalue weighted by Gasteiger charge is 2.30. The molecule has 0 aliphatic heterocycles. The molecular formula is C27H24BrClN4O4S. The first-order valence-electron chi connectivity index (χ1n) is 11.4. The van der Waals surface area contributed by atoms with Gasteiger partial charge in [0.05, 0.1) is 5.69 Å². The minimum absolute atomic E-state index is 0.381. The quantitative estimate of drug-likeness (QED) is 0.182. The van der Waals surface area contributed by atoms with Crippen molar-refractivity contribution in [3.63, 3.8) is 0 Å². The largest absolute Gasteiger partial charge is 0.478 e. The Kier molecular flexibility index (Phi) is 8.68. The van der Waals surface area contributed by atoms with Gasteiger partial charge in [0.25, 0.3) is 5.91 Å². The molecule has 4 N–H and O–H groups in total. The van der Waals surface area contributed by atoms with Crippen molar-refractivity contribution >= 4 is 55.9 Å². The van der Waals surface area contributed by atoms with Gasteiger partial charge in [0, 0.05) is 20.4 Å². The number of rotatable bonds is 7. The molecule has 0 spiro atoms. The maximum absolute atomic E-state index is 12.7. The molecule has 0 aliphatic carbocycles. The lowest BCUT2D eigenvalue weighted by molar-refractivity contribution is -0.134. The van der Waals surface area contributed by atoms with Crippen molar-refractivity contribution in [3.05, 3.63) is 98.8 Å². The number of nitrogens with zero attached hydrogens (tertiary/aromatic N) is 1. The van der Waals surface area contributed by atoms with Crippen LogP contribution in [0.5, 0.6) is 5.75 Å². The van der Waals surface area contributed by atoms with Crippen molar-refractivity contribution in [3.8, 4) is 17.0 Å². The van der Waals surface area contributed by atoms with Crippen LogP contribution in [0.25, 0.3) is 11.3 Å². The third-order valence-electron chi connectivity index (χ3n) is 5.46. The number of carbonyl (C=O) groups is 2. The molecule has 0 fully saturated rings. The minimum atomic E-state index is -1.31. The summed E-state index contributed by atoms with van der Waals surface area (Å²) in [4.78, 5) is 29.4.